The predicted octanol–water partition coefficient (Wildman–Crippen LogP) is 12.1. The number of benzene rings is 6. The van der Waals surface area contributed by atoms with Crippen molar-refractivity contribution >= 4 is 17.1 Å². The second-order valence-electron chi connectivity index (χ2n) is 27.1. The van der Waals surface area contributed by atoms with Crippen LogP contribution >= 0.6 is 0 Å². The van der Waals surface area contributed by atoms with Gasteiger partial charge < -0.3 is 63.2 Å². The third-order valence-corrected chi connectivity index (χ3v) is 18.8. The van der Waals surface area contributed by atoms with E-state index in [1.54, 1.807) is 48.5 Å². The van der Waals surface area contributed by atoms with Gasteiger partial charge in [-0.1, -0.05) is 95.2 Å². The van der Waals surface area contributed by atoms with Crippen LogP contribution in [-0.2, 0) is 48.7 Å². The van der Waals surface area contributed by atoms with E-state index in [9.17, 15) is 46.0 Å². The molecule has 6 aromatic rings. The summed E-state index contributed by atoms with van der Waals surface area (Å²) in [7, 11) is 0. The number of phenolic OH excluding ortho intramolecular Hbond substituents is 9. The molecule has 3 spiro atoms. The van der Waals surface area contributed by atoms with E-state index >= 15 is 0 Å². The Kier molecular flexibility index (Phi) is 10.6. The van der Waals surface area contributed by atoms with E-state index in [1.165, 1.54) is 0 Å². The maximum Gasteiger partial charge on any atom is 0.161 e. The molecule has 0 radical (unpaired) electrons. The average Bonchev–Trinajstić information content (AvgIpc) is 3.96. The summed E-state index contributed by atoms with van der Waals surface area (Å²) < 4.78 is 0. The number of anilines is 3. The van der Waals surface area contributed by atoms with E-state index in [2.05, 4.69) is 83.1 Å². The van der Waals surface area contributed by atoms with Crippen LogP contribution in [0.25, 0.3) is 0 Å². The lowest BCUT2D eigenvalue weighted by Gasteiger charge is -2.31. The second kappa shape index (κ2) is 15.5. The van der Waals surface area contributed by atoms with Crippen LogP contribution in [0.15, 0.2) is 72.8 Å². The Morgan fingerprint density at radius 3 is 0.933 bits per heavy atom. The van der Waals surface area contributed by atoms with Crippen molar-refractivity contribution in [3.63, 3.8) is 0 Å². The molecule has 12 rings (SSSR count). The zero-order chi connectivity index (χ0) is 55.1. The second-order valence-corrected chi connectivity index (χ2v) is 27.1. The molecule has 0 saturated carbocycles. The fourth-order valence-electron chi connectivity index (χ4n) is 16.3. The van der Waals surface area contributed by atoms with Gasteiger partial charge in [0.05, 0.1) is 17.1 Å². The monoisotopic (exact) mass is 1020 g/mol. The molecule has 15 N–H and O–H groups in total. The van der Waals surface area contributed by atoms with Crippen LogP contribution in [0, 0.1) is 0 Å². The highest BCUT2D eigenvalue weighted by molar-refractivity contribution is 5.74. The molecule has 75 heavy (non-hydrogen) atoms. The molecule has 0 bridgehead atoms. The molecule has 396 valence electrons. The van der Waals surface area contributed by atoms with Gasteiger partial charge in [-0.2, -0.15) is 0 Å². The highest BCUT2D eigenvalue weighted by Gasteiger charge is 2.60. The fourth-order valence-corrected chi connectivity index (χ4v) is 16.3. The van der Waals surface area contributed by atoms with Crippen LogP contribution in [0.5, 0.6) is 51.7 Å². The Morgan fingerprint density at radius 1 is 0.280 bits per heavy atom. The molecule has 0 aromatic heterocycles. The smallest absolute Gasteiger partial charge is 0.161 e. The summed E-state index contributed by atoms with van der Waals surface area (Å²) in [4.78, 5) is 0. The van der Waals surface area contributed by atoms with Crippen molar-refractivity contribution in [3.05, 3.63) is 140 Å². The average molecular weight is 1020 g/mol. The zero-order valence-electron chi connectivity index (χ0n) is 45.4. The van der Waals surface area contributed by atoms with Gasteiger partial charge in [0.15, 0.2) is 34.5 Å². The molecule has 3 unspecified atom stereocenters. The number of aromatic hydroxyl groups is 9. The lowest BCUT2D eigenvalue weighted by atomic mass is 9.72. The Labute approximate surface area is 440 Å². The van der Waals surface area contributed by atoms with Crippen LogP contribution in [0.3, 0.4) is 0 Å². The molecular formula is C63H75N3O9. The molecule has 6 aliphatic carbocycles. The number of hydrogen-bond donors (Lipinski definition) is 12. The number of nitrogen functional groups attached to an aromatic ring is 3. The minimum absolute atomic E-state index is 0.0389. The topological polar surface area (TPSA) is 260 Å². The summed E-state index contributed by atoms with van der Waals surface area (Å²) >= 11 is 0. The molecule has 6 aromatic carbocycles. The summed E-state index contributed by atoms with van der Waals surface area (Å²) in [5.41, 5.74) is 30.1. The van der Waals surface area contributed by atoms with Crippen LogP contribution in [0.4, 0.5) is 17.1 Å². The molecule has 0 saturated heterocycles. The number of phenols is 9. The molecule has 3 atom stereocenters. The largest absolute Gasteiger partial charge is 0.506 e. The van der Waals surface area contributed by atoms with Gasteiger partial charge in [-0.25, -0.2) is 0 Å². The molecule has 0 fully saturated rings. The summed E-state index contributed by atoms with van der Waals surface area (Å²) in [5.74, 6) is -0.240. The quantitative estimate of drug-likeness (QED) is 0.0501. The zero-order valence-corrected chi connectivity index (χ0v) is 45.4. The van der Waals surface area contributed by atoms with Crippen LogP contribution in [0.1, 0.15) is 188 Å². The third kappa shape index (κ3) is 7.13. The van der Waals surface area contributed by atoms with E-state index in [-0.39, 0.29) is 95.1 Å². The molecule has 12 nitrogen and oxygen atoms in total. The lowest BCUT2D eigenvalue weighted by molar-refractivity contribution is 0.337. The summed E-state index contributed by atoms with van der Waals surface area (Å²) in [6, 6.07) is 21.2. The predicted molar refractivity (Wildman–Crippen MR) is 295 cm³/mol. The van der Waals surface area contributed by atoms with Gasteiger partial charge in [0.2, 0.25) is 0 Å². The van der Waals surface area contributed by atoms with E-state index < -0.39 is 5.41 Å². The van der Waals surface area contributed by atoms with Crippen molar-refractivity contribution < 1.29 is 46.0 Å². The SMILES string of the molecule is CC1(C)CC2(CC(C)(C)c3cc(O)c(O)cc32)c2cc(O)c(N)cc21.CC1(C)CC2(CC(C)(C)c3ccc(O)c(N)c32)c2cc(O)c(O)cc21.CC1(C)CC2(CC(C)(C)c3ccc(O)c(O)c32)c2cc(O)c(N)cc21. The van der Waals surface area contributed by atoms with Gasteiger partial charge >= 0.3 is 0 Å². The first-order valence-electron chi connectivity index (χ1n) is 26.1. The Bertz CT molecular complexity index is 3220. The first-order chi connectivity index (χ1) is 34.5. The first-order valence-corrected chi connectivity index (χ1v) is 26.1. The lowest BCUT2D eigenvalue weighted by Crippen LogP contribution is -2.27. The molecule has 12 heteroatoms. The Balaban J connectivity index is 0.000000128. The Hall–Kier alpha value is -7.08. The van der Waals surface area contributed by atoms with E-state index in [1.807, 2.05) is 24.3 Å². The molecule has 0 aliphatic heterocycles. The van der Waals surface area contributed by atoms with Crippen LogP contribution in [0.2, 0.25) is 0 Å². The molecule has 0 heterocycles. The summed E-state index contributed by atoms with van der Waals surface area (Å²) in [6.45, 7) is 26.1. The van der Waals surface area contributed by atoms with Gasteiger partial charge in [-0.15, -0.1) is 0 Å². The maximum atomic E-state index is 10.8. The fraction of sp³-hybridized carbons (Fsp3) is 0.429. The summed E-state index contributed by atoms with van der Waals surface area (Å²) in [6.07, 6.45) is 5.01. The molecular weight excluding hydrogens is 943 g/mol. The van der Waals surface area contributed by atoms with E-state index in [0.717, 1.165) is 105 Å². The standard InChI is InChI=1S/3C21H25NO3/c1-19(2)9-21(13-7-16(23)15(22)5-11(13)19)10-20(3,4)12-6-17(24)18(25)8-14(12)21;1-19(2)9-21(17-11(19)5-6-15(23)18(17)25)10-20(3,4)12-7-14(22)16(24)8-13(12)21;1-19(2)9-21(17-11(19)5-6-14(23)18(17)22)10-20(3,4)12-7-15(24)16(25)8-13(12)21/h3*5-8,23-25H,9-10,22H2,1-4H3. The number of fused-ring (bicyclic) bond motifs is 12. The van der Waals surface area contributed by atoms with Crippen LogP contribution in [-0.4, -0.2) is 46.0 Å². The van der Waals surface area contributed by atoms with Crippen LogP contribution < -0.4 is 17.2 Å². The van der Waals surface area contributed by atoms with Gasteiger partial charge in [0, 0.05) is 21.8 Å². The third-order valence-electron chi connectivity index (χ3n) is 18.8. The van der Waals surface area contributed by atoms with Crippen molar-refractivity contribution in [2.24, 2.45) is 0 Å². The number of nitrogens with two attached hydrogens (primary N) is 3. The van der Waals surface area contributed by atoms with Crippen molar-refractivity contribution in [2.75, 3.05) is 17.2 Å². The van der Waals surface area contributed by atoms with E-state index in [4.69, 9.17) is 17.2 Å². The highest BCUT2D eigenvalue weighted by Crippen LogP contribution is 2.69. The number of rotatable bonds is 0. The van der Waals surface area contributed by atoms with Gasteiger partial charge in [-0.3, -0.25) is 0 Å². The van der Waals surface area contributed by atoms with E-state index in [0.29, 0.717) is 17.1 Å². The maximum absolute atomic E-state index is 10.8. The van der Waals surface area contributed by atoms with Gasteiger partial charge in [-0.05, 0) is 193 Å². The van der Waals surface area contributed by atoms with Gasteiger partial charge in [0.25, 0.3) is 0 Å². The molecule has 0 amide bonds. The molecule has 6 aliphatic rings. The first kappa shape index (κ1) is 51.4. The van der Waals surface area contributed by atoms with Crippen molar-refractivity contribution in [3.8, 4) is 51.7 Å². The van der Waals surface area contributed by atoms with Gasteiger partial charge in [0.1, 0.15) is 17.2 Å². The van der Waals surface area contributed by atoms with Crippen molar-refractivity contribution in [2.45, 2.75) is 170 Å². The van der Waals surface area contributed by atoms with Crippen molar-refractivity contribution in [1.82, 2.24) is 0 Å². The number of hydrogen-bond acceptors (Lipinski definition) is 12. The normalized spacial score (nSPS) is 25.1. The summed E-state index contributed by atoms with van der Waals surface area (Å²) in [5, 5.41) is 92.1. The highest BCUT2D eigenvalue weighted by atomic mass is 16.3. The minimum atomic E-state index is -0.439. The van der Waals surface area contributed by atoms with Crippen molar-refractivity contribution in [1.29, 1.82) is 0 Å². The minimum Gasteiger partial charge on any atom is -0.506 e. The Morgan fingerprint density at radius 2 is 0.547 bits per heavy atom.